The number of nitrogens with zero attached hydrogens (tertiary/aromatic N) is 4. The minimum Gasteiger partial charge on any atom is -0.337 e. The Labute approximate surface area is 165 Å². The molecule has 1 aromatic carbocycles. The van der Waals surface area contributed by atoms with E-state index in [0.717, 1.165) is 18.6 Å². The number of nitrogens with one attached hydrogen (secondary N) is 1. The summed E-state index contributed by atoms with van der Waals surface area (Å²) in [5.41, 5.74) is -2.22. The Morgan fingerprint density at radius 3 is 2.75 bits per heavy atom. The van der Waals surface area contributed by atoms with Crippen LogP contribution in [0.1, 0.15) is 29.0 Å². The van der Waals surface area contributed by atoms with Gasteiger partial charge in [-0.2, -0.15) is 13.2 Å². The van der Waals surface area contributed by atoms with Gasteiger partial charge in [0, 0.05) is 13.1 Å². The number of likely N-dealkylation sites (tertiary alicyclic amines) is 1. The van der Waals surface area contributed by atoms with Gasteiger partial charge < -0.3 is 10.2 Å². The molecule has 0 saturated carbocycles. The molecule has 3 rings (SSSR count). The molecule has 1 fully saturated rings. The van der Waals surface area contributed by atoms with Crippen molar-refractivity contribution in [2.75, 3.05) is 26.7 Å². The molecule has 28 heavy (non-hydrogen) atoms. The van der Waals surface area contributed by atoms with E-state index < -0.39 is 29.3 Å². The lowest BCUT2D eigenvalue weighted by Gasteiger charge is -2.32. The van der Waals surface area contributed by atoms with Crippen molar-refractivity contribution in [2.45, 2.75) is 19.0 Å². The summed E-state index contributed by atoms with van der Waals surface area (Å²) in [4.78, 5) is 14.1. The van der Waals surface area contributed by atoms with Crippen molar-refractivity contribution in [1.82, 2.24) is 25.2 Å². The van der Waals surface area contributed by atoms with Gasteiger partial charge in [0.25, 0.3) is 5.91 Å². The van der Waals surface area contributed by atoms with Crippen LogP contribution in [0, 0.1) is 11.7 Å². The molecule has 2 aromatic rings. The molecular weight excluding hydrogens is 402 g/mol. The second-order valence-electron chi connectivity index (χ2n) is 6.49. The average molecular weight is 422 g/mol. The second kappa shape index (κ2) is 8.87. The van der Waals surface area contributed by atoms with E-state index in [9.17, 15) is 22.4 Å². The van der Waals surface area contributed by atoms with Gasteiger partial charge in [-0.1, -0.05) is 11.3 Å². The Morgan fingerprint density at radius 2 is 2.11 bits per heavy atom. The maximum Gasteiger partial charge on any atom is 0.435 e. The van der Waals surface area contributed by atoms with Crippen molar-refractivity contribution < 1.29 is 22.4 Å². The number of piperidine rings is 1. The standard InChI is InChI=1S/C17H19F4N5O.ClH/c1-22-9-11-4-3-7-25(10-11)16(27)14-15(17(19,20)21)26(24-23-14)13-6-2-5-12(18)8-13;/h2,5-6,8,11,22H,3-4,7,9-10H2,1H3;1H. The molecule has 1 unspecified atom stereocenters. The first-order chi connectivity index (χ1) is 12.8. The maximum atomic E-state index is 13.7. The average Bonchev–Trinajstić information content (AvgIpc) is 3.07. The highest BCUT2D eigenvalue weighted by Gasteiger charge is 2.43. The number of carbonyl (C=O) groups is 1. The normalized spacial score (nSPS) is 17.3. The highest BCUT2D eigenvalue weighted by Crippen LogP contribution is 2.33. The summed E-state index contributed by atoms with van der Waals surface area (Å²) in [6.45, 7) is 1.39. The lowest BCUT2D eigenvalue weighted by Crippen LogP contribution is -2.43. The highest BCUT2D eigenvalue weighted by atomic mass is 35.5. The molecule has 1 aliphatic heterocycles. The fraction of sp³-hybridized carbons (Fsp3) is 0.471. The number of carbonyl (C=O) groups excluding carboxylic acids is 1. The highest BCUT2D eigenvalue weighted by molar-refractivity contribution is 5.93. The predicted octanol–water partition coefficient (Wildman–Crippen LogP) is 2.92. The minimum atomic E-state index is -4.87. The Kier molecular flexibility index (Phi) is 7.00. The number of halogens is 5. The summed E-state index contributed by atoms with van der Waals surface area (Å²) in [7, 11) is 1.78. The number of hydrogen-bond donors (Lipinski definition) is 1. The van der Waals surface area contributed by atoms with Crippen LogP contribution < -0.4 is 5.32 Å². The number of alkyl halides is 3. The van der Waals surface area contributed by atoms with Crippen molar-refractivity contribution in [1.29, 1.82) is 0 Å². The molecule has 0 aliphatic carbocycles. The maximum absolute atomic E-state index is 13.7. The number of rotatable bonds is 4. The molecule has 1 saturated heterocycles. The molecule has 0 radical (unpaired) electrons. The van der Waals surface area contributed by atoms with Gasteiger partial charge in [0.2, 0.25) is 0 Å². The first-order valence-corrected chi connectivity index (χ1v) is 8.54. The van der Waals surface area contributed by atoms with E-state index in [4.69, 9.17) is 0 Å². The Hall–Kier alpha value is -2.20. The van der Waals surface area contributed by atoms with Crippen LogP contribution in [-0.2, 0) is 6.18 Å². The predicted molar refractivity (Wildman–Crippen MR) is 96.1 cm³/mol. The van der Waals surface area contributed by atoms with Crippen LogP contribution >= 0.6 is 12.4 Å². The van der Waals surface area contributed by atoms with Crippen LogP contribution in [0.5, 0.6) is 0 Å². The van der Waals surface area contributed by atoms with E-state index in [1.807, 2.05) is 0 Å². The smallest absolute Gasteiger partial charge is 0.337 e. The lowest BCUT2D eigenvalue weighted by atomic mass is 9.97. The molecule has 2 heterocycles. The fourth-order valence-electron chi connectivity index (χ4n) is 3.32. The van der Waals surface area contributed by atoms with Gasteiger partial charge in [0.05, 0.1) is 5.69 Å². The molecule has 1 N–H and O–H groups in total. The van der Waals surface area contributed by atoms with Gasteiger partial charge in [0.15, 0.2) is 11.4 Å². The molecule has 6 nitrogen and oxygen atoms in total. The third kappa shape index (κ3) is 4.61. The van der Waals surface area contributed by atoms with Crippen molar-refractivity contribution in [2.24, 2.45) is 5.92 Å². The summed E-state index contributed by atoms with van der Waals surface area (Å²) >= 11 is 0. The van der Waals surface area contributed by atoms with Gasteiger partial charge in [0.1, 0.15) is 5.82 Å². The monoisotopic (exact) mass is 421 g/mol. The third-order valence-electron chi connectivity index (χ3n) is 4.49. The second-order valence-corrected chi connectivity index (χ2v) is 6.49. The summed E-state index contributed by atoms with van der Waals surface area (Å²) in [6, 6.07) is 4.55. The molecule has 1 aliphatic rings. The van der Waals surface area contributed by atoms with Crippen LogP contribution in [-0.4, -0.2) is 52.5 Å². The molecular formula is C17H20ClF4N5O. The topological polar surface area (TPSA) is 63.1 Å². The Morgan fingerprint density at radius 1 is 1.36 bits per heavy atom. The lowest BCUT2D eigenvalue weighted by molar-refractivity contribution is -0.143. The summed E-state index contributed by atoms with van der Waals surface area (Å²) in [5.74, 6) is -1.36. The quantitative estimate of drug-likeness (QED) is 0.771. The van der Waals surface area contributed by atoms with Crippen LogP contribution in [0.4, 0.5) is 17.6 Å². The van der Waals surface area contributed by atoms with Crippen molar-refractivity contribution >= 4 is 18.3 Å². The van der Waals surface area contributed by atoms with Crippen LogP contribution in [0.25, 0.3) is 5.69 Å². The molecule has 1 atom stereocenters. The summed E-state index contributed by atoms with van der Waals surface area (Å²) in [5, 5.41) is 10.0. The van der Waals surface area contributed by atoms with E-state index in [2.05, 4.69) is 15.6 Å². The number of aromatic nitrogens is 3. The zero-order chi connectivity index (χ0) is 19.6. The molecule has 1 amide bonds. The number of benzene rings is 1. The SMILES string of the molecule is CNCC1CCCN(C(=O)c2nnn(-c3cccc(F)c3)c2C(F)(F)F)C1.Cl. The largest absolute Gasteiger partial charge is 0.435 e. The number of hydrogen-bond acceptors (Lipinski definition) is 4. The van der Waals surface area contributed by atoms with Gasteiger partial charge >= 0.3 is 6.18 Å². The van der Waals surface area contributed by atoms with Crippen LogP contribution in [0.3, 0.4) is 0 Å². The molecule has 0 bridgehead atoms. The Bertz CT molecular complexity index is 824. The minimum absolute atomic E-state index is 0. The van der Waals surface area contributed by atoms with E-state index in [0.29, 0.717) is 30.7 Å². The molecule has 154 valence electrons. The van der Waals surface area contributed by atoms with E-state index in [1.165, 1.54) is 17.0 Å². The first-order valence-electron chi connectivity index (χ1n) is 8.54. The van der Waals surface area contributed by atoms with Gasteiger partial charge in [-0.25, -0.2) is 9.07 Å². The summed E-state index contributed by atoms with van der Waals surface area (Å²) in [6.07, 6.45) is -3.27. The van der Waals surface area contributed by atoms with E-state index in [-0.39, 0.29) is 24.0 Å². The van der Waals surface area contributed by atoms with Crippen molar-refractivity contribution in [3.8, 4) is 5.69 Å². The fourth-order valence-corrected chi connectivity index (χ4v) is 3.32. The van der Waals surface area contributed by atoms with Gasteiger partial charge in [-0.3, -0.25) is 4.79 Å². The van der Waals surface area contributed by atoms with Crippen LogP contribution in [0.15, 0.2) is 24.3 Å². The third-order valence-corrected chi connectivity index (χ3v) is 4.49. The van der Waals surface area contributed by atoms with E-state index in [1.54, 1.807) is 7.05 Å². The van der Waals surface area contributed by atoms with Gasteiger partial charge in [-0.15, -0.1) is 17.5 Å². The number of amides is 1. The zero-order valence-electron chi connectivity index (χ0n) is 15.0. The molecule has 0 spiro atoms. The molecule has 1 aromatic heterocycles. The Balaban J connectivity index is 0.00000280. The van der Waals surface area contributed by atoms with E-state index >= 15 is 0 Å². The van der Waals surface area contributed by atoms with Gasteiger partial charge in [-0.05, 0) is 50.6 Å². The zero-order valence-corrected chi connectivity index (χ0v) is 15.9. The first kappa shape index (κ1) is 22.1. The van der Waals surface area contributed by atoms with Crippen LogP contribution in [0.2, 0.25) is 0 Å². The summed E-state index contributed by atoms with van der Waals surface area (Å²) < 4.78 is 54.9. The molecule has 11 heteroatoms. The van der Waals surface area contributed by atoms with Crippen molar-refractivity contribution in [3.63, 3.8) is 0 Å². The van der Waals surface area contributed by atoms with Crippen molar-refractivity contribution in [3.05, 3.63) is 41.5 Å².